The van der Waals surface area contributed by atoms with Gasteiger partial charge in [-0.2, -0.15) is 0 Å². The number of benzene rings is 1. The van der Waals surface area contributed by atoms with Gasteiger partial charge in [0.1, 0.15) is 6.04 Å². The molecule has 0 saturated carbocycles. The van der Waals surface area contributed by atoms with E-state index in [9.17, 15) is 9.59 Å². The predicted octanol–water partition coefficient (Wildman–Crippen LogP) is 2.22. The van der Waals surface area contributed by atoms with Crippen LogP contribution in [0.15, 0.2) is 18.2 Å². The minimum Gasteiger partial charge on any atom is -0.493 e. The van der Waals surface area contributed by atoms with E-state index in [0.29, 0.717) is 36.7 Å². The number of hydrogen-bond donors (Lipinski definition) is 2. The minimum absolute atomic E-state index is 0.0138. The van der Waals surface area contributed by atoms with Gasteiger partial charge in [-0.15, -0.1) is 0 Å². The SMILES string of the molecule is CC[C@H]1C(=O)NCCN1C(=O)Nc1ccc(OC)c(OC(C)C)c1. The zero-order valence-electron chi connectivity index (χ0n) is 14.6. The molecule has 0 aliphatic carbocycles. The van der Waals surface area contributed by atoms with Gasteiger partial charge in [0.2, 0.25) is 5.91 Å². The van der Waals surface area contributed by atoms with Crippen LogP contribution in [0.3, 0.4) is 0 Å². The van der Waals surface area contributed by atoms with Crippen molar-refractivity contribution in [3.8, 4) is 11.5 Å². The van der Waals surface area contributed by atoms with Crippen LogP contribution in [0.1, 0.15) is 27.2 Å². The molecule has 1 atom stereocenters. The molecular weight excluding hydrogens is 310 g/mol. The fraction of sp³-hybridized carbons (Fsp3) is 0.529. The standard InChI is InChI=1S/C17H25N3O4/c1-5-13-16(21)18-8-9-20(13)17(22)19-12-6-7-14(23-4)15(10-12)24-11(2)3/h6-7,10-11,13H,5,8-9H2,1-4H3,(H,18,21)(H,19,22)/t13-/m0/s1. The number of urea groups is 1. The Morgan fingerprint density at radius 1 is 1.42 bits per heavy atom. The summed E-state index contributed by atoms with van der Waals surface area (Å²) in [5.74, 6) is 1.05. The molecule has 2 rings (SSSR count). The number of carbonyl (C=O) groups is 2. The monoisotopic (exact) mass is 335 g/mol. The summed E-state index contributed by atoms with van der Waals surface area (Å²) in [4.78, 5) is 26.0. The Bertz CT molecular complexity index is 603. The maximum absolute atomic E-state index is 12.5. The normalized spacial score (nSPS) is 17.5. The predicted molar refractivity (Wildman–Crippen MR) is 91.6 cm³/mol. The first-order valence-corrected chi connectivity index (χ1v) is 8.16. The molecule has 0 aromatic heterocycles. The summed E-state index contributed by atoms with van der Waals surface area (Å²) < 4.78 is 11.0. The van der Waals surface area contributed by atoms with E-state index in [4.69, 9.17) is 9.47 Å². The highest BCUT2D eigenvalue weighted by Crippen LogP contribution is 2.31. The van der Waals surface area contributed by atoms with E-state index in [2.05, 4.69) is 10.6 Å². The number of anilines is 1. The van der Waals surface area contributed by atoms with Crippen LogP contribution in [0.5, 0.6) is 11.5 Å². The Labute approximate surface area is 142 Å². The molecule has 7 heteroatoms. The van der Waals surface area contributed by atoms with E-state index in [1.165, 1.54) is 0 Å². The molecule has 1 heterocycles. The quantitative estimate of drug-likeness (QED) is 0.865. The average Bonchev–Trinajstić information content (AvgIpc) is 2.54. The fourth-order valence-electron chi connectivity index (χ4n) is 2.66. The molecule has 24 heavy (non-hydrogen) atoms. The largest absolute Gasteiger partial charge is 0.493 e. The molecule has 1 aliphatic heterocycles. The van der Waals surface area contributed by atoms with Gasteiger partial charge in [0, 0.05) is 24.8 Å². The summed E-state index contributed by atoms with van der Waals surface area (Å²) in [7, 11) is 1.57. The van der Waals surface area contributed by atoms with Crippen molar-refractivity contribution in [3.05, 3.63) is 18.2 Å². The van der Waals surface area contributed by atoms with Crippen LogP contribution in [-0.2, 0) is 4.79 Å². The second-order valence-corrected chi connectivity index (χ2v) is 5.87. The average molecular weight is 335 g/mol. The number of amides is 3. The van der Waals surface area contributed by atoms with Crippen molar-refractivity contribution in [1.82, 2.24) is 10.2 Å². The van der Waals surface area contributed by atoms with Crippen molar-refractivity contribution in [2.24, 2.45) is 0 Å². The zero-order valence-corrected chi connectivity index (χ0v) is 14.6. The molecular formula is C17H25N3O4. The molecule has 0 unspecified atom stereocenters. The lowest BCUT2D eigenvalue weighted by Gasteiger charge is -2.34. The van der Waals surface area contributed by atoms with Gasteiger partial charge in [0.05, 0.1) is 13.2 Å². The Morgan fingerprint density at radius 3 is 2.79 bits per heavy atom. The summed E-state index contributed by atoms with van der Waals surface area (Å²) >= 11 is 0. The van der Waals surface area contributed by atoms with Crippen molar-refractivity contribution < 1.29 is 19.1 Å². The third-order valence-electron chi connectivity index (χ3n) is 3.76. The van der Waals surface area contributed by atoms with E-state index < -0.39 is 6.04 Å². The van der Waals surface area contributed by atoms with Crippen LogP contribution < -0.4 is 20.1 Å². The zero-order chi connectivity index (χ0) is 17.7. The summed E-state index contributed by atoms with van der Waals surface area (Å²) in [5, 5.41) is 5.61. The van der Waals surface area contributed by atoms with E-state index in [1.54, 1.807) is 30.2 Å². The smallest absolute Gasteiger partial charge is 0.322 e. The first-order valence-electron chi connectivity index (χ1n) is 8.16. The topological polar surface area (TPSA) is 79.9 Å². The second kappa shape index (κ2) is 7.90. The molecule has 1 aromatic carbocycles. The number of methoxy groups -OCH3 is 1. The fourth-order valence-corrected chi connectivity index (χ4v) is 2.66. The summed E-state index contributed by atoms with van der Waals surface area (Å²) in [6.07, 6.45) is 0.559. The van der Waals surface area contributed by atoms with E-state index >= 15 is 0 Å². The lowest BCUT2D eigenvalue weighted by Crippen LogP contribution is -2.57. The number of piperazine rings is 1. The van der Waals surface area contributed by atoms with Gasteiger partial charge in [-0.1, -0.05) is 6.92 Å². The van der Waals surface area contributed by atoms with Crippen molar-refractivity contribution in [2.45, 2.75) is 39.3 Å². The molecule has 2 N–H and O–H groups in total. The Hall–Kier alpha value is -2.44. The lowest BCUT2D eigenvalue weighted by molar-refractivity contribution is -0.127. The van der Waals surface area contributed by atoms with Crippen molar-refractivity contribution in [1.29, 1.82) is 0 Å². The Morgan fingerprint density at radius 2 is 2.17 bits per heavy atom. The minimum atomic E-state index is -0.441. The molecule has 7 nitrogen and oxygen atoms in total. The van der Waals surface area contributed by atoms with Gasteiger partial charge in [-0.05, 0) is 32.4 Å². The van der Waals surface area contributed by atoms with Gasteiger partial charge in [-0.3, -0.25) is 4.79 Å². The third kappa shape index (κ3) is 4.10. The molecule has 1 aromatic rings. The number of hydrogen-bond acceptors (Lipinski definition) is 4. The second-order valence-electron chi connectivity index (χ2n) is 5.87. The summed E-state index contributed by atoms with van der Waals surface area (Å²) in [6, 6.07) is 4.48. The van der Waals surface area contributed by atoms with Crippen molar-refractivity contribution in [3.63, 3.8) is 0 Å². The number of nitrogens with one attached hydrogen (secondary N) is 2. The molecule has 1 fully saturated rings. The highest BCUT2D eigenvalue weighted by molar-refractivity contribution is 5.94. The first-order chi connectivity index (χ1) is 11.5. The third-order valence-corrected chi connectivity index (χ3v) is 3.76. The van der Waals surface area contributed by atoms with Gasteiger partial charge >= 0.3 is 6.03 Å². The van der Waals surface area contributed by atoms with Gasteiger partial charge < -0.3 is 25.0 Å². The molecule has 1 saturated heterocycles. The molecule has 3 amide bonds. The number of carbonyl (C=O) groups excluding carboxylic acids is 2. The maximum Gasteiger partial charge on any atom is 0.322 e. The van der Waals surface area contributed by atoms with Crippen molar-refractivity contribution in [2.75, 3.05) is 25.5 Å². The van der Waals surface area contributed by atoms with Gasteiger partial charge in [0.15, 0.2) is 11.5 Å². The van der Waals surface area contributed by atoms with Crippen LogP contribution in [0.25, 0.3) is 0 Å². The molecule has 0 radical (unpaired) electrons. The summed E-state index contributed by atoms with van der Waals surface area (Å²) in [6.45, 7) is 6.68. The van der Waals surface area contributed by atoms with Crippen LogP contribution in [0.4, 0.5) is 10.5 Å². The van der Waals surface area contributed by atoms with Crippen molar-refractivity contribution >= 4 is 17.6 Å². The van der Waals surface area contributed by atoms with Gasteiger partial charge in [0.25, 0.3) is 0 Å². The Balaban J connectivity index is 2.14. The van der Waals surface area contributed by atoms with Crippen LogP contribution in [0.2, 0.25) is 0 Å². The molecule has 132 valence electrons. The van der Waals surface area contributed by atoms with Crippen LogP contribution in [-0.4, -0.2) is 49.2 Å². The summed E-state index contributed by atoms with van der Waals surface area (Å²) in [5.41, 5.74) is 0.595. The van der Waals surface area contributed by atoms with Crippen LogP contribution in [0, 0.1) is 0 Å². The van der Waals surface area contributed by atoms with E-state index in [1.807, 2.05) is 20.8 Å². The first kappa shape index (κ1) is 17.9. The number of nitrogens with zero attached hydrogens (tertiary/aromatic N) is 1. The highest BCUT2D eigenvalue weighted by atomic mass is 16.5. The molecule has 1 aliphatic rings. The van der Waals surface area contributed by atoms with E-state index in [-0.39, 0.29) is 18.0 Å². The Kier molecular flexibility index (Phi) is 5.89. The molecule has 0 spiro atoms. The maximum atomic E-state index is 12.5. The number of ether oxygens (including phenoxy) is 2. The molecule has 0 bridgehead atoms. The van der Waals surface area contributed by atoms with Crippen LogP contribution >= 0.6 is 0 Å². The van der Waals surface area contributed by atoms with E-state index in [0.717, 1.165) is 0 Å². The van der Waals surface area contributed by atoms with Gasteiger partial charge in [-0.25, -0.2) is 4.79 Å². The lowest BCUT2D eigenvalue weighted by atomic mass is 10.1. The number of rotatable bonds is 5. The highest BCUT2D eigenvalue weighted by Gasteiger charge is 2.31.